The molecule has 13 heavy (non-hydrogen) atoms. The highest BCUT2D eigenvalue weighted by atomic mass is 16.5. The molecular weight excluding hydrogens is 162 g/mol. The Morgan fingerprint density at radius 3 is 2.62 bits per heavy atom. The van der Waals surface area contributed by atoms with Gasteiger partial charge in [-0.15, -0.1) is 0 Å². The van der Waals surface area contributed by atoms with Crippen molar-refractivity contribution >= 4 is 0 Å². The van der Waals surface area contributed by atoms with Gasteiger partial charge in [0.15, 0.2) is 0 Å². The molecule has 0 aliphatic carbocycles. The fourth-order valence-corrected chi connectivity index (χ4v) is 1.16. The quantitative estimate of drug-likeness (QED) is 0.703. The largest absolute Gasteiger partial charge is 0.374 e. The molecule has 0 radical (unpaired) electrons. The average molecular weight is 179 g/mol. The number of rotatable bonds is 5. The van der Waals surface area contributed by atoms with Crippen molar-refractivity contribution in [1.29, 1.82) is 0 Å². The molecule has 0 aromatic heterocycles. The predicted molar refractivity (Wildman–Crippen MR) is 54.5 cm³/mol. The summed E-state index contributed by atoms with van der Waals surface area (Å²) in [7, 11) is 0. The van der Waals surface area contributed by atoms with Gasteiger partial charge in [0, 0.05) is 6.61 Å². The van der Waals surface area contributed by atoms with Crippen LogP contribution in [0.25, 0.3) is 0 Å². The highest BCUT2D eigenvalue weighted by Crippen LogP contribution is 2.15. The molecule has 0 heterocycles. The Bertz CT molecular complexity index is 223. The molecule has 0 aliphatic rings. The van der Waals surface area contributed by atoms with Crippen LogP contribution in [0.15, 0.2) is 30.3 Å². The molecule has 0 amide bonds. The lowest BCUT2D eigenvalue weighted by molar-refractivity contribution is 0.0651. The minimum Gasteiger partial charge on any atom is -0.374 e. The predicted octanol–water partition coefficient (Wildman–Crippen LogP) is 2.11. The Labute approximate surface area is 79.7 Å². The van der Waals surface area contributed by atoms with Crippen LogP contribution < -0.4 is 5.73 Å². The van der Waals surface area contributed by atoms with Crippen molar-refractivity contribution in [3.63, 3.8) is 0 Å². The lowest BCUT2D eigenvalue weighted by Gasteiger charge is -2.12. The van der Waals surface area contributed by atoms with Gasteiger partial charge in [0.05, 0.1) is 6.10 Å². The standard InChI is InChI=1S/C11H17NO/c1-10(13-9-5-8-12)11-6-3-2-4-7-11/h2-4,6-7,10H,5,8-9,12H2,1H3/t10-/m1/s1. The van der Waals surface area contributed by atoms with Crippen LogP contribution in [0.3, 0.4) is 0 Å². The van der Waals surface area contributed by atoms with Gasteiger partial charge in [-0.25, -0.2) is 0 Å². The monoisotopic (exact) mass is 179 g/mol. The zero-order valence-corrected chi connectivity index (χ0v) is 8.07. The van der Waals surface area contributed by atoms with Gasteiger partial charge in [-0.05, 0) is 25.5 Å². The number of hydrogen-bond acceptors (Lipinski definition) is 2. The summed E-state index contributed by atoms with van der Waals surface area (Å²) in [4.78, 5) is 0. The van der Waals surface area contributed by atoms with Gasteiger partial charge >= 0.3 is 0 Å². The van der Waals surface area contributed by atoms with E-state index in [1.165, 1.54) is 5.56 Å². The molecule has 2 nitrogen and oxygen atoms in total. The molecule has 0 saturated heterocycles. The van der Waals surface area contributed by atoms with Crippen LogP contribution in [-0.2, 0) is 4.74 Å². The molecular formula is C11H17NO. The second-order valence-corrected chi connectivity index (χ2v) is 3.07. The number of benzene rings is 1. The Kier molecular flexibility index (Phi) is 4.50. The normalized spacial score (nSPS) is 12.8. The van der Waals surface area contributed by atoms with E-state index in [4.69, 9.17) is 10.5 Å². The van der Waals surface area contributed by atoms with E-state index < -0.39 is 0 Å². The molecule has 0 saturated carbocycles. The number of nitrogens with two attached hydrogens (primary N) is 1. The fourth-order valence-electron chi connectivity index (χ4n) is 1.16. The third-order valence-corrected chi connectivity index (χ3v) is 1.99. The zero-order valence-electron chi connectivity index (χ0n) is 8.07. The topological polar surface area (TPSA) is 35.2 Å². The first-order valence-corrected chi connectivity index (χ1v) is 4.71. The van der Waals surface area contributed by atoms with Crippen LogP contribution >= 0.6 is 0 Å². The number of hydrogen-bond donors (Lipinski definition) is 1. The summed E-state index contributed by atoms with van der Waals surface area (Å²) in [5, 5.41) is 0. The van der Waals surface area contributed by atoms with Crippen molar-refractivity contribution in [1.82, 2.24) is 0 Å². The third-order valence-electron chi connectivity index (χ3n) is 1.99. The highest BCUT2D eigenvalue weighted by molar-refractivity contribution is 5.16. The van der Waals surface area contributed by atoms with E-state index in [0.29, 0.717) is 6.54 Å². The van der Waals surface area contributed by atoms with E-state index in [-0.39, 0.29) is 6.10 Å². The van der Waals surface area contributed by atoms with Crippen molar-refractivity contribution in [3.05, 3.63) is 35.9 Å². The summed E-state index contributed by atoms with van der Waals surface area (Å²) in [5.41, 5.74) is 6.60. The van der Waals surface area contributed by atoms with Gasteiger partial charge in [-0.2, -0.15) is 0 Å². The molecule has 0 unspecified atom stereocenters. The van der Waals surface area contributed by atoms with Gasteiger partial charge in [-0.3, -0.25) is 0 Å². The minimum absolute atomic E-state index is 0.174. The smallest absolute Gasteiger partial charge is 0.0796 e. The van der Waals surface area contributed by atoms with Gasteiger partial charge in [0.2, 0.25) is 0 Å². The molecule has 1 atom stereocenters. The molecule has 0 spiro atoms. The first-order valence-electron chi connectivity index (χ1n) is 4.71. The summed E-state index contributed by atoms with van der Waals surface area (Å²) >= 11 is 0. The first kappa shape index (κ1) is 10.2. The molecule has 1 aromatic carbocycles. The lowest BCUT2D eigenvalue weighted by Crippen LogP contribution is -2.06. The summed E-state index contributed by atoms with van der Waals surface area (Å²) < 4.78 is 5.59. The van der Waals surface area contributed by atoms with Gasteiger partial charge in [-0.1, -0.05) is 30.3 Å². The van der Waals surface area contributed by atoms with E-state index in [1.807, 2.05) is 18.2 Å². The maximum atomic E-state index is 5.59. The summed E-state index contributed by atoms with van der Waals surface area (Å²) in [5.74, 6) is 0. The molecule has 0 bridgehead atoms. The highest BCUT2D eigenvalue weighted by Gasteiger charge is 2.02. The van der Waals surface area contributed by atoms with Crippen LogP contribution in [0.4, 0.5) is 0 Å². The van der Waals surface area contributed by atoms with Crippen LogP contribution in [-0.4, -0.2) is 13.2 Å². The summed E-state index contributed by atoms with van der Waals surface area (Å²) in [6.07, 6.45) is 1.10. The molecule has 2 N–H and O–H groups in total. The molecule has 72 valence electrons. The minimum atomic E-state index is 0.174. The molecule has 0 aliphatic heterocycles. The molecule has 0 fully saturated rings. The van der Waals surface area contributed by atoms with Gasteiger partial charge in [0.25, 0.3) is 0 Å². The second kappa shape index (κ2) is 5.73. The van der Waals surface area contributed by atoms with Crippen LogP contribution in [0.1, 0.15) is 25.0 Å². The van der Waals surface area contributed by atoms with Crippen molar-refractivity contribution in [2.75, 3.05) is 13.2 Å². The van der Waals surface area contributed by atoms with E-state index in [1.54, 1.807) is 0 Å². The van der Waals surface area contributed by atoms with Crippen molar-refractivity contribution < 1.29 is 4.74 Å². The summed E-state index contributed by atoms with van der Waals surface area (Å²) in [6.45, 7) is 3.50. The van der Waals surface area contributed by atoms with Crippen molar-refractivity contribution in [2.24, 2.45) is 5.73 Å². The van der Waals surface area contributed by atoms with Crippen LogP contribution in [0, 0.1) is 0 Å². The maximum absolute atomic E-state index is 5.59. The fraction of sp³-hybridized carbons (Fsp3) is 0.455. The first-order chi connectivity index (χ1) is 6.34. The second-order valence-electron chi connectivity index (χ2n) is 3.07. The van der Waals surface area contributed by atoms with Crippen molar-refractivity contribution in [3.8, 4) is 0 Å². The van der Waals surface area contributed by atoms with Gasteiger partial charge < -0.3 is 10.5 Å². The molecule has 1 aromatic rings. The average Bonchev–Trinajstić information content (AvgIpc) is 2.19. The van der Waals surface area contributed by atoms with E-state index >= 15 is 0 Å². The summed E-state index contributed by atoms with van der Waals surface area (Å²) in [6, 6.07) is 10.2. The van der Waals surface area contributed by atoms with E-state index in [2.05, 4.69) is 19.1 Å². The van der Waals surface area contributed by atoms with Gasteiger partial charge in [0.1, 0.15) is 0 Å². The van der Waals surface area contributed by atoms with Crippen LogP contribution in [0.2, 0.25) is 0 Å². The molecule has 2 heteroatoms. The number of ether oxygens (including phenoxy) is 1. The third kappa shape index (κ3) is 3.57. The Balaban J connectivity index is 2.35. The molecule has 1 rings (SSSR count). The SMILES string of the molecule is C[C@@H](OCCCN)c1ccccc1. The van der Waals surface area contributed by atoms with Crippen LogP contribution in [0.5, 0.6) is 0 Å². The van der Waals surface area contributed by atoms with Crippen molar-refractivity contribution in [2.45, 2.75) is 19.4 Å². The zero-order chi connectivity index (χ0) is 9.52. The Morgan fingerprint density at radius 2 is 2.00 bits per heavy atom. The maximum Gasteiger partial charge on any atom is 0.0796 e. The van der Waals surface area contributed by atoms with E-state index in [0.717, 1.165) is 13.0 Å². The van der Waals surface area contributed by atoms with E-state index in [9.17, 15) is 0 Å². The lowest BCUT2D eigenvalue weighted by atomic mass is 10.1. The Morgan fingerprint density at radius 1 is 1.31 bits per heavy atom. The Hall–Kier alpha value is -0.860.